The van der Waals surface area contributed by atoms with E-state index in [1.807, 2.05) is 6.07 Å². The molecule has 1 aromatic rings. The van der Waals surface area contributed by atoms with E-state index in [2.05, 4.69) is 28.5 Å². The van der Waals surface area contributed by atoms with Crippen molar-refractivity contribution in [1.29, 1.82) is 0 Å². The summed E-state index contributed by atoms with van der Waals surface area (Å²) in [5.41, 5.74) is 1.06. The predicted octanol–water partition coefficient (Wildman–Crippen LogP) is 3.35. The first-order chi connectivity index (χ1) is 10.3. The quantitative estimate of drug-likeness (QED) is 0.836. The molecular formula is C17H27N3O. The highest BCUT2D eigenvalue weighted by molar-refractivity contribution is 5.14. The molecule has 1 N–H and O–H groups in total. The molecule has 2 aliphatic rings. The second kappa shape index (κ2) is 6.73. The number of ether oxygens (including phenoxy) is 1. The van der Waals surface area contributed by atoms with Gasteiger partial charge in [-0.25, -0.2) is 0 Å². The van der Waals surface area contributed by atoms with Gasteiger partial charge in [-0.1, -0.05) is 13.3 Å². The van der Waals surface area contributed by atoms with Gasteiger partial charge in [0.15, 0.2) is 0 Å². The van der Waals surface area contributed by atoms with Crippen LogP contribution in [0.2, 0.25) is 0 Å². The second-order valence-electron chi connectivity index (χ2n) is 6.68. The Morgan fingerprint density at radius 1 is 1.29 bits per heavy atom. The number of rotatable bonds is 7. The van der Waals surface area contributed by atoms with E-state index < -0.39 is 0 Å². The lowest BCUT2D eigenvalue weighted by molar-refractivity contribution is 0.276. The third-order valence-corrected chi connectivity index (χ3v) is 5.29. The minimum absolute atomic E-state index is 0.340. The van der Waals surface area contributed by atoms with E-state index in [1.54, 1.807) is 7.11 Å². The molecule has 0 radical (unpaired) electrons. The van der Waals surface area contributed by atoms with E-state index in [4.69, 9.17) is 4.74 Å². The monoisotopic (exact) mass is 289 g/mol. The van der Waals surface area contributed by atoms with E-state index >= 15 is 0 Å². The first-order valence-corrected chi connectivity index (χ1v) is 8.41. The van der Waals surface area contributed by atoms with Gasteiger partial charge in [-0.05, 0) is 62.5 Å². The van der Waals surface area contributed by atoms with Crippen molar-refractivity contribution < 1.29 is 4.74 Å². The Morgan fingerprint density at radius 3 is 2.76 bits per heavy atom. The van der Waals surface area contributed by atoms with Gasteiger partial charge in [0.25, 0.3) is 0 Å². The van der Waals surface area contributed by atoms with Crippen LogP contribution in [0, 0.1) is 17.8 Å². The second-order valence-corrected chi connectivity index (χ2v) is 6.68. The number of fused-ring (bicyclic) bond motifs is 2. The fraction of sp³-hybridized carbons (Fsp3) is 0.765. The standard InChI is InChI=1S/C17H27N3O/c1-3-8-18-16(15-6-7-17(21-2)20-19-15)11-14-10-12-4-5-13(14)9-12/h6-7,12-14,16,18H,3-5,8-11H2,1-2H3. The average Bonchev–Trinajstić information content (AvgIpc) is 3.14. The Hall–Kier alpha value is -1.16. The molecule has 2 aliphatic carbocycles. The summed E-state index contributed by atoms with van der Waals surface area (Å²) >= 11 is 0. The van der Waals surface area contributed by atoms with Gasteiger partial charge in [-0.3, -0.25) is 0 Å². The zero-order valence-electron chi connectivity index (χ0n) is 13.2. The van der Waals surface area contributed by atoms with Crippen LogP contribution in [0.25, 0.3) is 0 Å². The number of hydrogen-bond donors (Lipinski definition) is 1. The maximum absolute atomic E-state index is 5.11. The lowest BCUT2D eigenvalue weighted by Gasteiger charge is -2.27. The smallest absolute Gasteiger partial charge is 0.233 e. The Balaban J connectivity index is 1.67. The Kier molecular flexibility index (Phi) is 4.73. The van der Waals surface area contributed by atoms with E-state index in [9.17, 15) is 0 Å². The van der Waals surface area contributed by atoms with Gasteiger partial charge in [0.05, 0.1) is 18.8 Å². The van der Waals surface area contributed by atoms with Crippen molar-refractivity contribution >= 4 is 0 Å². The number of aromatic nitrogens is 2. The molecule has 4 unspecified atom stereocenters. The van der Waals surface area contributed by atoms with E-state index in [1.165, 1.54) is 32.1 Å². The third kappa shape index (κ3) is 3.37. The SMILES string of the molecule is CCCNC(CC1CC2CCC1C2)c1ccc(OC)nn1. The maximum atomic E-state index is 5.11. The Morgan fingerprint density at radius 2 is 2.19 bits per heavy atom. The minimum Gasteiger partial charge on any atom is -0.480 e. The molecular weight excluding hydrogens is 262 g/mol. The Bertz CT molecular complexity index is 448. The highest BCUT2D eigenvalue weighted by atomic mass is 16.5. The number of nitrogens with one attached hydrogen (secondary N) is 1. The largest absolute Gasteiger partial charge is 0.480 e. The van der Waals surface area contributed by atoms with Crippen LogP contribution in [0.15, 0.2) is 12.1 Å². The van der Waals surface area contributed by atoms with Crippen LogP contribution in [0.5, 0.6) is 5.88 Å². The summed E-state index contributed by atoms with van der Waals surface area (Å²) < 4.78 is 5.11. The van der Waals surface area contributed by atoms with Crippen LogP contribution >= 0.6 is 0 Å². The molecule has 2 bridgehead atoms. The zero-order chi connectivity index (χ0) is 14.7. The molecule has 0 aromatic carbocycles. The third-order valence-electron chi connectivity index (χ3n) is 5.29. The zero-order valence-corrected chi connectivity index (χ0v) is 13.2. The molecule has 4 atom stereocenters. The molecule has 0 saturated heterocycles. The number of hydrogen-bond acceptors (Lipinski definition) is 4. The molecule has 2 fully saturated rings. The lowest BCUT2D eigenvalue weighted by atomic mass is 9.83. The normalized spacial score (nSPS) is 28.8. The molecule has 0 amide bonds. The van der Waals surface area contributed by atoms with Crippen LogP contribution in [-0.2, 0) is 0 Å². The first-order valence-electron chi connectivity index (χ1n) is 8.41. The summed E-state index contributed by atoms with van der Waals surface area (Å²) in [6, 6.07) is 4.32. The van der Waals surface area contributed by atoms with Crippen molar-refractivity contribution in [2.24, 2.45) is 17.8 Å². The van der Waals surface area contributed by atoms with Gasteiger partial charge in [-0.15, -0.1) is 5.10 Å². The molecule has 1 heterocycles. The van der Waals surface area contributed by atoms with Gasteiger partial charge in [0.2, 0.25) is 5.88 Å². The Labute approximate surface area is 127 Å². The lowest BCUT2D eigenvalue weighted by Crippen LogP contribution is -2.27. The molecule has 21 heavy (non-hydrogen) atoms. The van der Waals surface area contributed by atoms with Gasteiger partial charge in [-0.2, -0.15) is 5.10 Å². The summed E-state index contributed by atoms with van der Waals surface area (Å²) in [6.45, 7) is 3.25. The molecule has 2 saturated carbocycles. The molecule has 4 heteroatoms. The van der Waals surface area contributed by atoms with Crippen molar-refractivity contribution in [3.8, 4) is 5.88 Å². The highest BCUT2D eigenvalue weighted by Crippen LogP contribution is 2.50. The van der Waals surface area contributed by atoms with Crippen LogP contribution in [0.3, 0.4) is 0 Å². The van der Waals surface area contributed by atoms with E-state index in [0.717, 1.165) is 36.4 Å². The summed E-state index contributed by atoms with van der Waals surface area (Å²) in [4.78, 5) is 0. The summed E-state index contributed by atoms with van der Waals surface area (Å²) in [7, 11) is 1.63. The maximum Gasteiger partial charge on any atom is 0.233 e. The molecule has 0 aliphatic heterocycles. The fourth-order valence-corrected chi connectivity index (χ4v) is 4.22. The van der Waals surface area contributed by atoms with Crippen LogP contribution in [-0.4, -0.2) is 23.9 Å². The fourth-order valence-electron chi connectivity index (χ4n) is 4.22. The van der Waals surface area contributed by atoms with Crippen molar-refractivity contribution in [2.75, 3.05) is 13.7 Å². The minimum atomic E-state index is 0.340. The topological polar surface area (TPSA) is 47.0 Å². The predicted molar refractivity (Wildman–Crippen MR) is 83.2 cm³/mol. The first kappa shape index (κ1) is 14.8. The summed E-state index contributed by atoms with van der Waals surface area (Å²) in [5.74, 6) is 3.44. The van der Waals surface area contributed by atoms with Gasteiger partial charge in [0.1, 0.15) is 0 Å². The van der Waals surface area contributed by atoms with Crippen molar-refractivity contribution in [3.05, 3.63) is 17.8 Å². The van der Waals surface area contributed by atoms with Gasteiger partial charge >= 0.3 is 0 Å². The van der Waals surface area contributed by atoms with Crippen LogP contribution in [0.4, 0.5) is 0 Å². The van der Waals surface area contributed by atoms with E-state index in [-0.39, 0.29) is 0 Å². The summed E-state index contributed by atoms with van der Waals surface area (Å²) in [5, 5.41) is 12.2. The molecule has 1 aromatic heterocycles. The molecule has 116 valence electrons. The summed E-state index contributed by atoms with van der Waals surface area (Å²) in [6.07, 6.45) is 8.18. The van der Waals surface area contributed by atoms with Crippen LogP contribution in [0.1, 0.15) is 57.2 Å². The average molecular weight is 289 g/mol. The number of methoxy groups -OCH3 is 1. The van der Waals surface area contributed by atoms with Crippen molar-refractivity contribution in [3.63, 3.8) is 0 Å². The molecule has 0 spiro atoms. The van der Waals surface area contributed by atoms with Crippen molar-refractivity contribution in [1.82, 2.24) is 15.5 Å². The highest BCUT2D eigenvalue weighted by Gasteiger charge is 2.40. The molecule has 3 rings (SSSR count). The van der Waals surface area contributed by atoms with Gasteiger partial charge in [0, 0.05) is 6.07 Å². The van der Waals surface area contributed by atoms with Gasteiger partial charge < -0.3 is 10.1 Å². The molecule has 4 nitrogen and oxygen atoms in total. The van der Waals surface area contributed by atoms with E-state index in [0.29, 0.717) is 11.9 Å². The van der Waals surface area contributed by atoms with Crippen LogP contribution < -0.4 is 10.1 Å². The van der Waals surface area contributed by atoms with Crippen molar-refractivity contribution in [2.45, 2.75) is 51.5 Å². The number of nitrogens with zero attached hydrogens (tertiary/aromatic N) is 2.